The van der Waals surface area contributed by atoms with Crippen molar-refractivity contribution < 1.29 is 8.42 Å². The molecule has 2 aromatic carbocycles. The molecular weight excluding hydrogens is 296 g/mol. The Morgan fingerprint density at radius 1 is 1.14 bits per heavy atom. The van der Waals surface area contributed by atoms with E-state index in [9.17, 15) is 8.42 Å². The van der Waals surface area contributed by atoms with Crippen LogP contribution >= 0.6 is 0 Å². The van der Waals surface area contributed by atoms with Crippen molar-refractivity contribution in [2.24, 2.45) is 11.7 Å². The van der Waals surface area contributed by atoms with Crippen LogP contribution in [0.1, 0.15) is 19.3 Å². The second kappa shape index (κ2) is 6.36. The van der Waals surface area contributed by atoms with Crippen LogP contribution in [0.15, 0.2) is 47.4 Å². The maximum Gasteiger partial charge on any atom is 0.243 e. The van der Waals surface area contributed by atoms with Gasteiger partial charge in [0.25, 0.3) is 0 Å². The first-order chi connectivity index (χ1) is 10.6. The summed E-state index contributed by atoms with van der Waals surface area (Å²) in [6.07, 6.45) is 2.88. The molecular formula is C17H22N2O2S. The minimum absolute atomic E-state index is 0.383. The normalized spacial score (nSPS) is 20.3. The number of rotatable bonds is 4. The summed E-state index contributed by atoms with van der Waals surface area (Å²) in [6, 6.07) is 13.2. The first kappa shape index (κ1) is 15.5. The van der Waals surface area contributed by atoms with Crippen molar-refractivity contribution >= 4 is 20.8 Å². The minimum Gasteiger partial charge on any atom is -0.330 e. The van der Waals surface area contributed by atoms with E-state index in [-0.39, 0.29) is 0 Å². The third kappa shape index (κ3) is 3.02. The fourth-order valence-electron chi connectivity index (χ4n) is 3.19. The molecule has 1 heterocycles. The summed E-state index contributed by atoms with van der Waals surface area (Å²) in [4.78, 5) is 0.389. The third-order valence-corrected chi connectivity index (χ3v) is 6.28. The predicted octanol–water partition coefficient (Wildman–Crippen LogP) is 2.59. The smallest absolute Gasteiger partial charge is 0.243 e. The van der Waals surface area contributed by atoms with Gasteiger partial charge < -0.3 is 5.73 Å². The van der Waals surface area contributed by atoms with Gasteiger partial charge in [-0.15, -0.1) is 0 Å². The van der Waals surface area contributed by atoms with E-state index in [1.165, 1.54) is 0 Å². The van der Waals surface area contributed by atoms with Crippen LogP contribution in [0.2, 0.25) is 0 Å². The maximum absolute atomic E-state index is 12.9. The molecule has 0 radical (unpaired) electrons. The van der Waals surface area contributed by atoms with Crippen molar-refractivity contribution in [1.29, 1.82) is 0 Å². The Bertz CT molecular complexity index is 756. The van der Waals surface area contributed by atoms with Crippen LogP contribution in [-0.4, -0.2) is 32.4 Å². The number of hydrogen-bond donors (Lipinski definition) is 1. The molecule has 0 saturated carbocycles. The van der Waals surface area contributed by atoms with Gasteiger partial charge in [0.15, 0.2) is 0 Å². The van der Waals surface area contributed by atoms with E-state index in [1.54, 1.807) is 16.4 Å². The molecule has 0 aromatic heterocycles. The lowest BCUT2D eigenvalue weighted by molar-refractivity contribution is 0.258. The van der Waals surface area contributed by atoms with Crippen LogP contribution in [0.4, 0.5) is 0 Å². The van der Waals surface area contributed by atoms with Gasteiger partial charge in [0.1, 0.15) is 0 Å². The Morgan fingerprint density at radius 3 is 2.68 bits per heavy atom. The van der Waals surface area contributed by atoms with E-state index in [0.29, 0.717) is 30.4 Å². The molecule has 5 heteroatoms. The van der Waals surface area contributed by atoms with E-state index in [0.717, 1.165) is 30.0 Å². The van der Waals surface area contributed by atoms with Crippen LogP contribution in [0.25, 0.3) is 10.8 Å². The molecule has 22 heavy (non-hydrogen) atoms. The van der Waals surface area contributed by atoms with Gasteiger partial charge in [0, 0.05) is 13.1 Å². The first-order valence-electron chi connectivity index (χ1n) is 7.80. The standard InChI is InChI=1S/C17H22N2O2S/c18-10-9-14-4-3-11-19(13-14)22(20,21)17-8-7-15-5-1-2-6-16(15)12-17/h1-2,5-8,12,14H,3-4,9-11,13,18H2. The van der Waals surface area contributed by atoms with E-state index < -0.39 is 10.0 Å². The Morgan fingerprint density at radius 2 is 1.91 bits per heavy atom. The van der Waals surface area contributed by atoms with Gasteiger partial charge in [-0.2, -0.15) is 4.31 Å². The Hall–Kier alpha value is -1.43. The number of nitrogens with zero attached hydrogens (tertiary/aromatic N) is 1. The van der Waals surface area contributed by atoms with Crippen molar-refractivity contribution in [3.8, 4) is 0 Å². The molecule has 1 saturated heterocycles. The van der Waals surface area contributed by atoms with Gasteiger partial charge in [0.2, 0.25) is 10.0 Å². The van der Waals surface area contributed by atoms with Crippen LogP contribution in [-0.2, 0) is 10.0 Å². The van der Waals surface area contributed by atoms with Gasteiger partial charge in [-0.05, 0) is 54.6 Å². The number of nitrogens with two attached hydrogens (primary N) is 1. The Labute approximate surface area is 132 Å². The van der Waals surface area contributed by atoms with Crippen molar-refractivity contribution in [1.82, 2.24) is 4.31 Å². The summed E-state index contributed by atoms with van der Waals surface area (Å²) in [5, 5.41) is 2.01. The van der Waals surface area contributed by atoms with Crippen LogP contribution in [0, 0.1) is 5.92 Å². The molecule has 0 spiro atoms. The van der Waals surface area contributed by atoms with Gasteiger partial charge in [-0.1, -0.05) is 30.3 Å². The average molecular weight is 318 g/mol. The highest BCUT2D eigenvalue weighted by Gasteiger charge is 2.29. The molecule has 0 bridgehead atoms. The second-order valence-corrected chi connectivity index (χ2v) is 7.90. The zero-order valence-electron chi connectivity index (χ0n) is 12.6. The van der Waals surface area contributed by atoms with E-state index in [4.69, 9.17) is 5.73 Å². The first-order valence-corrected chi connectivity index (χ1v) is 9.24. The average Bonchev–Trinajstić information content (AvgIpc) is 2.55. The van der Waals surface area contributed by atoms with Crippen LogP contribution in [0.5, 0.6) is 0 Å². The molecule has 0 aliphatic carbocycles. The van der Waals surface area contributed by atoms with Gasteiger partial charge >= 0.3 is 0 Å². The molecule has 3 rings (SSSR count). The monoisotopic (exact) mass is 318 g/mol. The van der Waals surface area contributed by atoms with Crippen molar-refractivity contribution in [3.63, 3.8) is 0 Å². The van der Waals surface area contributed by atoms with Crippen LogP contribution < -0.4 is 5.73 Å². The maximum atomic E-state index is 12.9. The molecule has 0 amide bonds. The lowest BCUT2D eigenvalue weighted by Gasteiger charge is -2.31. The molecule has 2 N–H and O–H groups in total. The van der Waals surface area contributed by atoms with E-state index in [2.05, 4.69) is 0 Å². The number of benzene rings is 2. The van der Waals surface area contributed by atoms with E-state index in [1.807, 2.05) is 30.3 Å². The number of piperidine rings is 1. The van der Waals surface area contributed by atoms with Crippen molar-refractivity contribution in [2.45, 2.75) is 24.2 Å². The molecule has 1 aliphatic rings. The SMILES string of the molecule is NCCC1CCCN(S(=O)(=O)c2ccc3ccccc3c2)C1. The summed E-state index contributed by atoms with van der Waals surface area (Å²) < 4.78 is 27.4. The lowest BCUT2D eigenvalue weighted by Crippen LogP contribution is -2.40. The molecule has 2 aromatic rings. The molecule has 1 unspecified atom stereocenters. The largest absolute Gasteiger partial charge is 0.330 e. The molecule has 1 aliphatic heterocycles. The summed E-state index contributed by atoms with van der Waals surface area (Å²) in [5.41, 5.74) is 5.62. The molecule has 4 nitrogen and oxygen atoms in total. The van der Waals surface area contributed by atoms with Crippen molar-refractivity contribution in [2.75, 3.05) is 19.6 Å². The van der Waals surface area contributed by atoms with E-state index >= 15 is 0 Å². The van der Waals surface area contributed by atoms with Crippen molar-refractivity contribution in [3.05, 3.63) is 42.5 Å². The summed E-state index contributed by atoms with van der Waals surface area (Å²) in [5.74, 6) is 0.383. The molecule has 1 atom stereocenters. The Kier molecular flexibility index (Phi) is 4.47. The van der Waals surface area contributed by atoms with Gasteiger partial charge in [-0.25, -0.2) is 8.42 Å². The number of fused-ring (bicyclic) bond motifs is 1. The third-order valence-electron chi connectivity index (χ3n) is 4.42. The fraction of sp³-hybridized carbons (Fsp3) is 0.412. The summed E-state index contributed by atoms with van der Waals surface area (Å²) in [6.45, 7) is 1.82. The Balaban J connectivity index is 1.90. The molecule has 1 fully saturated rings. The van der Waals surface area contributed by atoms with Crippen LogP contribution in [0.3, 0.4) is 0 Å². The highest BCUT2D eigenvalue weighted by atomic mass is 32.2. The number of hydrogen-bond acceptors (Lipinski definition) is 3. The minimum atomic E-state index is -3.41. The zero-order chi connectivity index (χ0) is 15.6. The lowest BCUT2D eigenvalue weighted by atomic mass is 9.96. The topological polar surface area (TPSA) is 63.4 Å². The predicted molar refractivity (Wildman–Crippen MR) is 89.1 cm³/mol. The zero-order valence-corrected chi connectivity index (χ0v) is 13.4. The highest BCUT2D eigenvalue weighted by Crippen LogP contribution is 2.27. The molecule has 118 valence electrons. The number of sulfonamides is 1. The summed E-state index contributed by atoms with van der Waals surface area (Å²) >= 11 is 0. The van der Waals surface area contributed by atoms with Gasteiger partial charge in [0.05, 0.1) is 4.90 Å². The fourth-order valence-corrected chi connectivity index (χ4v) is 4.78. The highest BCUT2D eigenvalue weighted by molar-refractivity contribution is 7.89. The second-order valence-electron chi connectivity index (χ2n) is 5.96. The summed E-state index contributed by atoms with van der Waals surface area (Å²) in [7, 11) is -3.41. The van der Waals surface area contributed by atoms with Gasteiger partial charge in [-0.3, -0.25) is 0 Å². The quantitative estimate of drug-likeness (QED) is 0.942.